The fourth-order valence-electron chi connectivity index (χ4n) is 4.33. The predicted molar refractivity (Wildman–Crippen MR) is 211 cm³/mol. The summed E-state index contributed by atoms with van der Waals surface area (Å²) in [6.45, 7) is 3.94. The number of carbonyl (C=O) groups is 1. The van der Waals surface area contributed by atoms with Crippen molar-refractivity contribution in [2.45, 2.75) is 129 Å². The molecule has 2 unspecified atom stereocenters. The van der Waals surface area contributed by atoms with E-state index in [0.29, 0.717) is 6.42 Å². The van der Waals surface area contributed by atoms with Crippen molar-refractivity contribution >= 4 is 5.91 Å². The highest BCUT2D eigenvalue weighted by Crippen LogP contribution is 2.05. The van der Waals surface area contributed by atoms with Gasteiger partial charge in [0.2, 0.25) is 5.91 Å². The van der Waals surface area contributed by atoms with Crippen molar-refractivity contribution < 1.29 is 15.0 Å². The van der Waals surface area contributed by atoms with Gasteiger partial charge in [0.05, 0.1) is 18.8 Å². The van der Waals surface area contributed by atoms with Crippen molar-refractivity contribution in [1.82, 2.24) is 5.32 Å². The molecule has 2 atom stereocenters. The number of hydrogen-bond acceptors (Lipinski definition) is 3. The van der Waals surface area contributed by atoms with E-state index >= 15 is 0 Å². The Balaban J connectivity index is 3.73. The maximum Gasteiger partial charge on any atom is 0.220 e. The normalized spacial score (nSPS) is 14.7. The van der Waals surface area contributed by atoms with Crippen LogP contribution in [0.3, 0.4) is 0 Å². The van der Waals surface area contributed by atoms with Crippen LogP contribution in [0.5, 0.6) is 0 Å². The zero-order valence-corrected chi connectivity index (χ0v) is 30.2. The van der Waals surface area contributed by atoms with Crippen LogP contribution in [0, 0.1) is 0 Å². The number of nitrogens with one attached hydrogen (secondary N) is 1. The van der Waals surface area contributed by atoms with E-state index in [0.717, 1.165) is 96.3 Å². The van der Waals surface area contributed by atoms with E-state index in [1.165, 1.54) is 0 Å². The van der Waals surface area contributed by atoms with Crippen LogP contribution in [0.2, 0.25) is 0 Å². The Hall–Kier alpha value is -3.47. The van der Waals surface area contributed by atoms with E-state index in [1.807, 2.05) is 6.08 Å². The highest BCUT2D eigenvalue weighted by molar-refractivity contribution is 5.76. The summed E-state index contributed by atoms with van der Waals surface area (Å²) in [7, 11) is 0. The second-order valence-electron chi connectivity index (χ2n) is 11.6. The van der Waals surface area contributed by atoms with Gasteiger partial charge in [0, 0.05) is 6.42 Å². The summed E-state index contributed by atoms with van der Waals surface area (Å²) >= 11 is 0. The summed E-state index contributed by atoms with van der Waals surface area (Å²) in [5.74, 6) is -0.127. The van der Waals surface area contributed by atoms with E-state index in [1.54, 1.807) is 6.08 Å². The Kier molecular flexibility index (Phi) is 35.2. The molecule has 4 nitrogen and oxygen atoms in total. The first-order chi connectivity index (χ1) is 23.7. The van der Waals surface area contributed by atoms with Crippen LogP contribution in [0.15, 0.2) is 134 Å². The third-order valence-corrected chi connectivity index (χ3v) is 7.12. The maximum atomic E-state index is 12.1. The van der Waals surface area contributed by atoms with Crippen molar-refractivity contribution in [3.8, 4) is 0 Å². The molecule has 0 aliphatic rings. The third-order valence-electron chi connectivity index (χ3n) is 7.12. The monoisotopic (exact) mass is 658 g/mol. The molecule has 48 heavy (non-hydrogen) atoms. The van der Waals surface area contributed by atoms with Gasteiger partial charge in [-0.3, -0.25) is 4.79 Å². The smallest absolute Gasteiger partial charge is 0.220 e. The quantitative estimate of drug-likeness (QED) is 0.0532. The van der Waals surface area contributed by atoms with E-state index in [2.05, 4.69) is 141 Å². The lowest BCUT2D eigenvalue weighted by atomic mass is 10.1. The summed E-state index contributed by atoms with van der Waals surface area (Å²) in [6, 6.07) is -0.650. The van der Waals surface area contributed by atoms with Gasteiger partial charge in [-0.2, -0.15) is 0 Å². The Morgan fingerprint density at radius 1 is 0.521 bits per heavy atom. The van der Waals surface area contributed by atoms with Crippen LogP contribution in [-0.2, 0) is 4.79 Å². The zero-order chi connectivity index (χ0) is 35.0. The van der Waals surface area contributed by atoms with Crippen molar-refractivity contribution in [2.75, 3.05) is 6.61 Å². The fraction of sp³-hybridized carbons (Fsp3) is 0.477. The Morgan fingerprint density at radius 3 is 1.25 bits per heavy atom. The molecule has 0 bridgehead atoms. The lowest BCUT2D eigenvalue weighted by Gasteiger charge is -2.19. The number of hydrogen-bond donors (Lipinski definition) is 3. The molecule has 0 aromatic rings. The topological polar surface area (TPSA) is 69.6 Å². The summed E-state index contributed by atoms with van der Waals surface area (Å²) in [4.78, 5) is 12.1. The molecule has 0 rings (SSSR count). The van der Waals surface area contributed by atoms with Crippen molar-refractivity contribution in [1.29, 1.82) is 0 Å². The molecule has 0 aromatic carbocycles. The van der Waals surface area contributed by atoms with Crippen LogP contribution in [-0.4, -0.2) is 34.9 Å². The highest BCUT2D eigenvalue weighted by Gasteiger charge is 2.17. The second kappa shape index (κ2) is 38.0. The van der Waals surface area contributed by atoms with E-state index in [4.69, 9.17) is 0 Å². The molecular formula is C44H67NO3. The van der Waals surface area contributed by atoms with E-state index < -0.39 is 12.1 Å². The van der Waals surface area contributed by atoms with Gasteiger partial charge in [-0.1, -0.05) is 154 Å². The van der Waals surface area contributed by atoms with Gasteiger partial charge in [-0.05, 0) is 89.9 Å². The summed E-state index contributed by atoms with van der Waals surface area (Å²) in [6.07, 6.45) is 61.8. The maximum absolute atomic E-state index is 12.1. The van der Waals surface area contributed by atoms with Crippen LogP contribution >= 0.6 is 0 Å². The summed E-state index contributed by atoms with van der Waals surface area (Å²) in [5.41, 5.74) is 0. The molecule has 0 radical (unpaired) electrons. The average Bonchev–Trinajstić information content (AvgIpc) is 3.09. The van der Waals surface area contributed by atoms with Gasteiger partial charge >= 0.3 is 0 Å². The predicted octanol–water partition coefficient (Wildman–Crippen LogP) is 11.2. The van der Waals surface area contributed by atoms with Crippen molar-refractivity contribution in [3.63, 3.8) is 0 Å². The number of aliphatic hydroxyl groups is 2. The van der Waals surface area contributed by atoms with E-state index in [9.17, 15) is 15.0 Å². The van der Waals surface area contributed by atoms with Gasteiger partial charge < -0.3 is 15.5 Å². The Bertz CT molecular complexity index is 1060. The molecule has 3 N–H and O–H groups in total. The van der Waals surface area contributed by atoms with Crippen molar-refractivity contribution in [2.24, 2.45) is 0 Å². The third kappa shape index (κ3) is 33.9. The minimum absolute atomic E-state index is 0.127. The number of aliphatic hydroxyl groups excluding tert-OH is 2. The minimum Gasteiger partial charge on any atom is -0.394 e. The molecule has 266 valence electrons. The average molecular weight is 658 g/mol. The molecule has 0 aliphatic carbocycles. The standard InChI is InChI=1S/C44H67NO3/c1-3-5-7-8-9-10-11-12-13-14-15-16-17-18-19-20-21-22-23-24-25-26-27-28-29-30-31-32-33-34-35-36-38-40-44(48)45-42(41-46)43(47)39-37-6-4-2/h5,7,9-10,12-13,15-16,18-19,21-22,24-25,27-28,30-31,33-34,37,39,42-43,46-47H,3-4,6,8,11,14,17,20,23,26,29,32,35-36,38,40-41H2,1-2H3,(H,45,48)/b7-5-,10-9-,13-12-,16-15-,19-18-,22-21-,25-24-,28-27-,31-30-,34-33-,39-37+. The zero-order valence-electron chi connectivity index (χ0n) is 30.2. The molecule has 0 heterocycles. The van der Waals surface area contributed by atoms with Crippen LogP contribution < -0.4 is 5.32 Å². The Morgan fingerprint density at radius 2 is 0.896 bits per heavy atom. The van der Waals surface area contributed by atoms with E-state index in [-0.39, 0.29) is 12.5 Å². The second-order valence-corrected chi connectivity index (χ2v) is 11.6. The highest BCUT2D eigenvalue weighted by atomic mass is 16.3. The molecular weight excluding hydrogens is 590 g/mol. The molecule has 0 saturated heterocycles. The Labute approximate surface area is 294 Å². The first-order valence-electron chi connectivity index (χ1n) is 18.4. The van der Waals surface area contributed by atoms with Crippen LogP contribution in [0.1, 0.15) is 117 Å². The number of carbonyl (C=O) groups excluding carboxylic acids is 1. The molecule has 0 fully saturated rings. The van der Waals surface area contributed by atoms with Crippen LogP contribution in [0.4, 0.5) is 0 Å². The van der Waals surface area contributed by atoms with Gasteiger partial charge in [0.15, 0.2) is 0 Å². The molecule has 1 amide bonds. The lowest BCUT2D eigenvalue weighted by molar-refractivity contribution is -0.123. The molecule has 0 spiro atoms. The number of allylic oxidation sites excluding steroid dienone is 21. The number of amides is 1. The SMILES string of the molecule is CC/C=C\C/C=C\C/C=C\C/C=C\C/C=C\C/C=C\C/C=C\C/C=C\C/C=C\C/C=C\CCCCC(=O)NC(CO)C(O)/C=C/CCC. The molecule has 0 saturated carbocycles. The number of rotatable bonds is 30. The molecule has 0 aliphatic heterocycles. The van der Waals surface area contributed by atoms with Gasteiger partial charge in [-0.15, -0.1) is 0 Å². The first kappa shape index (κ1) is 44.5. The molecule has 0 aromatic heterocycles. The lowest BCUT2D eigenvalue weighted by Crippen LogP contribution is -2.45. The number of unbranched alkanes of at least 4 members (excludes halogenated alkanes) is 3. The van der Waals surface area contributed by atoms with Gasteiger partial charge in [0.1, 0.15) is 0 Å². The van der Waals surface area contributed by atoms with Crippen LogP contribution in [0.25, 0.3) is 0 Å². The van der Waals surface area contributed by atoms with Gasteiger partial charge in [-0.25, -0.2) is 0 Å². The largest absolute Gasteiger partial charge is 0.394 e. The summed E-state index contributed by atoms with van der Waals surface area (Å²) < 4.78 is 0. The first-order valence-corrected chi connectivity index (χ1v) is 18.4. The molecule has 4 heteroatoms. The minimum atomic E-state index is -0.863. The summed E-state index contributed by atoms with van der Waals surface area (Å²) in [5, 5.41) is 22.3. The van der Waals surface area contributed by atoms with Crippen molar-refractivity contribution in [3.05, 3.63) is 134 Å². The fourth-order valence-corrected chi connectivity index (χ4v) is 4.33. The van der Waals surface area contributed by atoms with Gasteiger partial charge in [0.25, 0.3) is 0 Å².